The molecule has 6 heteroatoms. The first-order valence-electron chi connectivity index (χ1n) is 6.04. The van der Waals surface area contributed by atoms with Gasteiger partial charge >= 0.3 is 0 Å². The Morgan fingerprint density at radius 1 is 1.05 bits per heavy atom. The van der Waals surface area contributed by atoms with Crippen molar-refractivity contribution < 1.29 is 19.8 Å². The fraction of sp³-hybridized carbons (Fsp3) is 0.133. The molecule has 0 spiro atoms. The molecule has 0 aliphatic carbocycles. The van der Waals surface area contributed by atoms with Crippen LogP contribution in [0.5, 0.6) is 17.2 Å². The van der Waals surface area contributed by atoms with Crippen LogP contribution in [0.4, 0.5) is 0 Å². The van der Waals surface area contributed by atoms with Crippen molar-refractivity contribution in [2.75, 3.05) is 14.2 Å². The van der Waals surface area contributed by atoms with Crippen LogP contribution in [-0.4, -0.2) is 30.2 Å². The average molecular weight is 352 g/mol. The van der Waals surface area contributed by atoms with Crippen molar-refractivity contribution in [3.63, 3.8) is 0 Å². The molecule has 0 saturated carbocycles. The molecule has 0 radical (unpaired) electrons. The van der Waals surface area contributed by atoms with Crippen LogP contribution in [-0.2, 0) is 0 Å². The Hall–Kier alpha value is -2.21. The number of hydrogen-bond acceptors (Lipinski definition) is 5. The normalized spacial score (nSPS) is 11.3. The van der Waals surface area contributed by atoms with Crippen LogP contribution in [0.1, 0.15) is 11.1 Å². The molecule has 0 heterocycles. The second-order valence-corrected chi connectivity index (χ2v) is 5.04. The second-order valence-electron chi connectivity index (χ2n) is 4.18. The van der Waals surface area contributed by atoms with Gasteiger partial charge in [-0.1, -0.05) is 5.16 Å². The molecule has 0 saturated heterocycles. The summed E-state index contributed by atoms with van der Waals surface area (Å²) in [5, 5.41) is 22.8. The molecular formula is C15H14BrNO4. The first kappa shape index (κ1) is 15.2. The van der Waals surface area contributed by atoms with E-state index in [-0.39, 0.29) is 11.5 Å². The van der Waals surface area contributed by atoms with Gasteiger partial charge < -0.3 is 19.8 Å². The molecule has 5 nitrogen and oxygen atoms in total. The lowest BCUT2D eigenvalue weighted by atomic mass is 10.0. The molecule has 0 unspecified atom stereocenters. The molecule has 2 N–H and O–H groups in total. The number of rotatable bonds is 4. The molecule has 2 aromatic carbocycles. The number of phenolic OH excluding ortho intramolecular Hbond substituents is 1. The van der Waals surface area contributed by atoms with Crippen molar-refractivity contribution in [2.24, 2.45) is 5.16 Å². The van der Waals surface area contributed by atoms with Crippen molar-refractivity contribution >= 4 is 21.6 Å². The van der Waals surface area contributed by atoms with Crippen molar-refractivity contribution in [3.8, 4) is 17.2 Å². The Balaban J connectivity index is 2.53. The summed E-state index contributed by atoms with van der Waals surface area (Å²) >= 11 is 3.24. The van der Waals surface area contributed by atoms with Gasteiger partial charge in [-0.15, -0.1) is 0 Å². The van der Waals surface area contributed by atoms with Gasteiger partial charge in [0.05, 0.1) is 24.3 Å². The number of halogens is 1. The van der Waals surface area contributed by atoms with E-state index in [2.05, 4.69) is 21.1 Å². The molecule has 0 bridgehead atoms. The Labute approximate surface area is 130 Å². The van der Waals surface area contributed by atoms with Gasteiger partial charge in [0.2, 0.25) is 0 Å². The van der Waals surface area contributed by atoms with Crippen LogP contribution >= 0.6 is 15.9 Å². The summed E-state index contributed by atoms with van der Waals surface area (Å²) in [5.74, 6) is 1.19. The quantitative estimate of drug-likeness (QED) is 0.503. The minimum absolute atomic E-state index is 0.0283. The molecule has 2 aromatic rings. The molecular weight excluding hydrogens is 338 g/mol. The molecule has 110 valence electrons. The van der Waals surface area contributed by atoms with Gasteiger partial charge in [0, 0.05) is 5.56 Å². The predicted molar refractivity (Wildman–Crippen MR) is 82.8 cm³/mol. The van der Waals surface area contributed by atoms with E-state index < -0.39 is 0 Å². The summed E-state index contributed by atoms with van der Waals surface area (Å²) in [6, 6.07) is 10.2. The van der Waals surface area contributed by atoms with Crippen molar-refractivity contribution in [3.05, 3.63) is 52.0 Å². The summed E-state index contributed by atoms with van der Waals surface area (Å²) in [4.78, 5) is 0. The van der Waals surface area contributed by atoms with Crippen molar-refractivity contribution in [1.29, 1.82) is 0 Å². The van der Waals surface area contributed by atoms with Crippen molar-refractivity contribution in [1.82, 2.24) is 0 Å². The van der Waals surface area contributed by atoms with Gasteiger partial charge in [-0.3, -0.25) is 0 Å². The monoisotopic (exact) mass is 351 g/mol. The molecule has 0 aliphatic heterocycles. The number of methoxy groups -OCH3 is 2. The lowest BCUT2D eigenvalue weighted by molar-refractivity contribution is 0.319. The van der Waals surface area contributed by atoms with Crippen LogP contribution < -0.4 is 9.47 Å². The number of ether oxygens (including phenoxy) is 2. The minimum atomic E-state index is -0.0283. The van der Waals surface area contributed by atoms with E-state index in [1.54, 1.807) is 43.5 Å². The van der Waals surface area contributed by atoms with Gasteiger partial charge in [0.25, 0.3) is 0 Å². The summed E-state index contributed by atoms with van der Waals surface area (Å²) in [6.45, 7) is 0. The molecule has 21 heavy (non-hydrogen) atoms. The summed E-state index contributed by atoms with van der Waals surface area (Å²) < 4.78 is 10.7. The highest BCUT2D eigenvalue weighted by atomic mass is 79.9. The highest BCUT2D eigenvalue weighted by Gasteiger charge is 2.16. The molecule has 0 atom stereocenters. The highest BCUT2D eigenvalue weighted by Crippen LogP contribution is 2.34. The number of benzene rings is 2. The van der Waals surface area contributed by atoms with Gasteiger partial charge in [-0.2, -0.15) is 0 Å². The van der Waals surface area contributed by atoms with Crippen LogP contribution in [0, 0.1) is 0 Å². The highest BCUT2D eigenvalue weighted by molar-refractivity contribution is 9.10. The van der Waals surface area contributed by atoms with Crippen molar-refractivity contribution in [2.45, 2.75) is 0 Å². The smallest absolute Gasteiger partial charge is 0.139 e. The lowest BCUT2D eigenvalue weighted by Crippen LogP contribution is -2.05. The maximum absolute atomic E-state index is 10.2. The molecule has 0 amide bonds. The van der Waals surface area contributed by atoms with Crippen LogP contribution in [0.3, 0.4) is 0 Å². The molecule has 0 aromatic heterocycles. The zero-order chi connectivity index (χ0) is 15.4. The second kappa shape index (κ2) is 6.49. The van der Waals surface area contributed by atoms with Crippen LogP contribution in [0.15, 0.2) is 46.0 Å². The number of oxime groups is 1. The SMILES string of the molecule is COc1ccc(/C(=N\O)c2cc(OC)cc(Br)c2O)cc1. The van der Waals surface area contributed by atoms with E-state index in [1.165, 1.54) is 7.11 Å². The topological polar surface area (TPSA) is 71.3 Å². The Morgan fingerprint density at radius 2 is 1.67 bits per heavy atom. The number of nitrogens with zero attached hydrogens (tertiary/aromatic N) is 1. The van der Waals surface area contributed by atoms with E-state index in [1.807, 2.05) is 0 Å². The molecule has 0 aliphatic rings. The first-order chi connectivity index (χ1) is 10.1. The fourth-order valence-corrected chi connectivity index (χ4v) is 2.33. The third-order valence-corrected chi connectivity index (χ3v) is 3.60. The Kier molecular flexibility index (Phi) is 4.70. The average Bonchev–Trinajstić information content (AvgIpc) is 2.52. The van der Waals surface area contributed by atoms with Gasteiger partial charge in [0.1, 0.15) is 23.0 Å². The maximum atomic E-state index is 10.2. The third-order valence-electron chi connectivity index (χ3n) is 2.99. The number of aromatic hydroxyl groups is 1. The maximum Gasteiger partial charge on any atom is 0.139 e. The molecule has 0 fully saturated rings. The first-order valence-corrected chi connectivity index (χ1v) is 6.83. The minimum Gasteiger partial charge on any atom is -0.506 e. The summed E-state index contributed by atoms with van der Waals surface area (Å²) in [7, 11) is 3.09. The van der Waals surface area contributed by atoms with E-state index in [4.69, 9.17) is 9.47 Å². The Bertz CT molecular complexity index is 668. The van der Waals surface area contributed by atoms with E-state index in [0.717, 1.165) is 0 Å². The third kappa shape index (κ3) is 3.11. The predicted octanol–water partition coefficient (Wildman–Crippen LogP) is 3.40. The Morgan fingerprint density at radius 3 is 2.19 bits per heavy atom. The van der Waals surface area contributed by atoms with Crippen LogP contribution in [0.2, 0.25) is 0 Å². The van der Waals surface area contributed by atoms with Gasteiger partial charge in [-0.25, -0.2) is 0 Å². The van der Waals surface area contributed by atoms with E-state index in [9.17, 15) is 10.3 Å². The zero-order valence-electron chi connectivity index (χ0n) is 11.5. The number of hydrogen-bond donors (Lipinski definition) is 2. The van der Waals surface area contributed by atoms with E-state index in [0.29, 0.717) is 27.1 Å². The standard InChI is InChI=1S/C15H14BrNO4/c1-20-10-5-3-9(4-6-10)14(17-19)12-7-11(21-2)8-13(16)15(12)18/h3-8,18-19H,1-2H3/b17-14+. The summed E-state index contributed by atoms with van der Waals surface area (Å²) in [6.07, 6.45) is 0. The number of phenols is 1. The van der Waals surface area contributed by atoms with Crippen LogP contribution in [0.25, 0.3) is 0 Å². The largest absolute Gasteiger partial charge is 0.506 e. The molecule has 2 rings (SSSR count). The summed E-state index contributed by atoms with van der Waals surface area (Å²) in [5.41, 5.74) is 1.22. The zero-order valence-corrected chi connectivity index (χ0v) is 13.1. The lowest BCUT2D eigenvalue weighted by Gasteiger charge is -2.11. The van der Waals surface area contributed by atoms with Gasteiger partial charge in [0.15, 0.2) is 0 Å². The van der Waals surface area contributed by atoms with Gasteiger partial charge in [-0.05, 0) is 52.3 Å². The van der Waals surface area contributed by atoms with E-state index >= 15 is 0 Å². The fourth-order valence-electron chi connectivity index (χ4n) is 1.89.